The van der Waals surface area contributed by atoms with Gasteiger partial charge in [-0.05, 0) is 41.0 Å². The zero-order valence-corrected chi connectivity index (χ0v) is 17.8. The number of benzene rings is 1. The monoisotopic (exact) mass is 469 g/mol. The number of pyridine rings is 1. The molecule has 168 valence electrons. The molecule has 3 heterocycles. The first-order valence-corrected chi connectivity index (χ1v) is 10.5. The number of aromatic carboxylic acids is 1. The molecule has 1 aliphatic rings. The molecular formula is C21H17ClFN7O3. The van der Waals surface area contributed by atoms with E-state index in [0.717, 1.165) is 12.8 Å². The quantitative estimate of drug-likeness (QED) is 0.325. The predicted octanol–water partition coefficient (Wildman–Crippen LogP) is 3.04. The zero-order chi connectivity index (χ0) is 23.1. The number of carboxylic acid groups (broad SMARTS) is 1. The maximum Gasteiger partial charge on any atom is 0.338 e. The van der Waals surface area contributed by atoms with Crippen LogP contribution in [-0.2, 0) is 0 Å². The number of rotatable bonds is 7. The summed E-state index contributed by atoms with van der Waals surface area (Å²) in [4.78, 5) is 11.3. The van der Waals surface area contributed by atoms with E-state index in [1.807, 2.05) is 0 Å². The molecule has 0 saturated heterocycles. The zero-order valence-electron chi connectivity index (χ0n) is 17.0. The molecule has 1 aliphatic carbocycles. The van der Waals surface area contributed by atoms with Crippen LogP contribution < -0.4 is 4.73 Å². The lowest BCUT2D eigenvalue weighted by atomic mass is 10.0. The molecule has 12 heteroatoms. The maximum absolute atomic E-state index is 15.1. The summed E-state index contributed by atoms with van der Waals surface area (Å²) in [5.41, 5.74) is 1.10. The third-order valence-electron chi connectivity index (χ3n) is 5.66. The normalized spacial score (nSPS) is 14.4. The molecule has 1 saturated carbocycles. The van der Waals surface area contributed by atoms with Gasteiger partial charge in [-0.15, -0.1) is 5.10 Å². The fourth-order valence-corrected chi connectivity index (χ4v) is 3.99. The van der Waals surface area contributed by atoms with Crippen LogP contribution in [0.1, 0.15) is 41.4 Å². The first kappa shape index (κ1) is 21.0. The Morgan fingerprint density at radius 2 is 2.15 bits per heavy atom. The Kier molecular flexibility index (Phi) is 5.25. The second kappa shape index (κ2) is 8.24. The highest BCUT2D eigenvalue weighted by Crippen LogP contribution is 2.39. The summed E-state index contributed by atoms with van der Waals surface area (Å²) in [6.07, 6.45) is 7.98. The van der Waals surface area contributed by atoms with Gasteiger partial charge in [0, 0.05) is 12.3 Å². The SMILES string of the molecule is O=C(O)c1cnn(C(CC2CC2)c2ccc(-c3c(-n4cnnn4)ccc(Cl)c3F)c[n+]2[O-])c1. The van der Waals surface area contributed by atoms with E-state index >= 15 is 4.39 Å². The number of nitrogens with zero attached hydrogens (tertiary/aromatic N) is 7. The van der Waals surface area contributed by atoms with Crippen molar-refractivity contribution >= 4 is 17.6 Å². The van der Waals surface area contributed by atoms with E-state index in [-0.39, 0.29) is 21.7 Å². The third-order valence-corrected chi connectivity index (χ3v) is 5.96. The van der Waals surface area contributed by atoms with Crippen molar-refractivity contribution in [3.63, 3.8) is 0 Å². The molecule has 1 fully saturated rings. The smallest absolute Gasteiger partial charge is 0.338 e. The number of hydrogen-bond acceptors (Lipinski definition) is 6. The van der Waals surface area contributed by atoms with Gasteiger partial charge in [0.15, 0.2) is 12.0 Å². The summed E-state index contributed by atoms with van der Waals surface area (Å²) in [7, 11) is 0. The van der Waals surface area contributed by atoms with Crippen LogP contribution in [0.3, 0.4) is 0 Å². The molecule has 0 aliphatic heterocycles. The van der Waals surface area contributed by atoms with Gasteiger partial charge in [-0.1, -0.05) is 24.4 Å². The number of halogens is 2. The highest BCUT2D eigenvalue weighted by molar-refractivity contribution is 6.31. The number of tetrazole rings is 1. The molecule has 0 amide bonds. The Hall–Kier alpha value is -3.86. The summed E-state index contributed by atoms with van der Waals surface area (Å²) in [6.45, 7) is 0. The second-order valence-corrected chi connectivity index (χ2v) is 8.29. The van der Waals surface area contributed by atoms with E-state index in [0.29, 0.717) is 28.5 Å². The van der Waals surface area contributed by atoms with Crippen molar-refractivity contribution in [1.82, 2.24) is 30.0 Å². The van der Waals surface area contributed by atoms with Crippen LogP contribution in [0.25, 0.3) is 16.8 Å². The number of carbonyl (C=O) groups is 1. The van der Waals surface area contributed by atoms with Gasteiger partial charge >= 0.3 is 5.97 Å². The summed E-state index contributed by atoms with van der Waals surface area (Å²) >= 11 is 6.01. The minimum atomic E-state index is -1.09. The van der Waals surface area contributed by atoms with E-state index in [9.17, 15) is 15.1 Å². The van der Waals surface area contributed by atoms with E-state index in [4.69, 9.17) is 11.6 Å². The molecule has 1 aromatic carbocycles. The molecule has 4 aromatic rings. The molecule has 1 unspecified atom stereocenters. The molecule has 0 spiro atoms. The summed E-state index contributed by atoms with van der Waals surface area (Å²) < 4.78 is 18.5. The Balaban J connectivity index is 1.58. The van der Waals surface area contributed by atoms with Crippen molar-refractivity contribution in [3.05, 3.63) is 76.5 Å². The molecule has 0 bridgehead atoms. The first-order chi connectivity index (χ1) is 15.9. The molecule has 3 aromatic heterocycles. The van der Waals surface area contributed by atoms with Crippen LogP contribution in [0.2, 0.25) is 5.02 Å². The van der Waals surface area contributed by atoms with E-state index < -0.39 is 17.8 Å². The van der Waals surface area contributed by atoms with Crippen LogP contribution in [0.15, 0.2) is 49.2 Å². The van der Waals surface area contributed by atoms with E-state index in [1.54, 1.807) is 18.2 Å². The largest absolute Gasteiger partial charge is 0.618 e. The lowest BCUT2D eigenvalue weighted by molar-refractivity contribution is -0.615. The number of carboxylic acids is 1. The summed E-state index contributed by atoms with van der Waals surface area (Å²) in [5.74, 6) is -1.36. The average Bonchev–Trinajstić information content (AvgIpc) is 3.25. The fraction of sp³-hybridized carbons (Fsp3) is 0.238. The van der Waals surface area contributed by atoms with Crippen LogP contribution >= 0.6 is 11.6 Å². The van der Waals surface area contributed by atoms with Gasteiger partial charge in [0.05, 0.1) is 33.6 Å². The van der Waals surface area contributed by atoms with Gasteiger partial charge in [-0.2, -0.15) is 14.5 Å². The lowest BCUT2D eigenvalue weighted by Crippen LogP contribution is -2.35. The Bertz CT molecular complexity index is 1340. The minimum absolute atomic E-state index is 0.0388. The van der Waals surface area contributed by atoms with Crippen molar-refractivity contribution in [2.45, 2.75) is 25.3 Å². The summed E-state index contributed by atoms with van der Waals surface area (Å²) in [5, 5.41) is 37.4. The third kappa shape index (κ3) is 4.02. The van der Waals surface area contributed by atoms with Crippen LogP contribution in [0.4, 0.5) is 4.39 Å². The Morgan fingerprint density at radius 3 is 2.79 bits per heavy atom. The number of hydrogen-bond donors (Lipinski definition) is 1. The lowest BCUT2D eigenvalue weighted by Gasteiger charge is -2.18. The van der Waals surface area contributed by atoms with Crippen molar-refractivity contribution < 1.29 is 19.0 Å². The molecular weight excluding hydrogens is 453 g/mol. The van der Waals surface area contributed by atoms with Crippen molar-refractivity contribution in [1.29, 1.82) is 0 Å². The van der Waals surface area contributed by atoms with Crippen LogP contribution in [-0.4, -0.2) is 41.1 Å². The highest BCUT2D eigenvalue weighted by atomic mass is 35.5. The van der Waals surface area contributed by atoms with E-state index in [1.165, 1.54) is 40.3 Å². The first-order valence-electron chi connectivity index (χ1n) is 10.1. The minimum Gasteiger partial charge on any atom is -0.618 e. The standard InChI is InChI=1S/C21H17ClFN7O3/c22-15-4-6-17(29-11-24-26-27-29)19(20(15)23)13-3-5-16(30(33)10-13)18(7-12-1-2-12)28-9-14(8-25-28)21(31)32/h3-6,8-12,18H,1-2,7H2,(H,31,32). The second-order valence-electron chi connectivity index (χ2n) is 7.89. The van der Waals surface area contributed by atoms with Gasteiger partial charge in [0.1, 0.15) is 12.4 Å². The van der Waals surface area contributed by atoms with Gasteiger partial charge in [-0.3, -0.25) is 4.68 Å². The maximum atomic E-state index is 15.1. The summed E-state index contributed by atoms with van der Waals surface area (Å²) in [6, 6.07) is 5.71. The van der Waals surface area contributed by atoms with Gasteiger partial charge in [0.2, 0.25) is 5.69 Å². The van der Waals surface area contributed by atoms with Crippen LogP contribution in [0, 0.1) is 16.9 Å². The molecule has 1 N–H and O–H groups in total. The highest BCUT2D eigenvalue weighted by Gasteiger charge is 2.32. The fourth-order valence-electron chi connectivity index (χ4n) is 3.83. The Morgan fingerprint density at radius 1 is 1.33 bits per heavy atom. The van der Waals surface area contributed by atoms with Gasteiger partial charge < -0.3 is 10.3 Å². The Labute approximate surface area is 191 Å². The molecule has 1 atom stereocenters. The molecule has 0 radical (unpaired) electrons. The van der Waals surface area contributed by atoms with Crippen LogP contribution in [0.5, 0.6) is 0 Å². The van der Waals surface area contributed by atoms with Crippen molar-refractivity contribution in [2.75, 3.05) is 0 Å². The predicted molar refractivity (Wildman–Crippen MR) is 113 cm³/mol. The average molecular weight is 470 g/mol. The topological polar surface area (TPSA) is 126 Å². The van der Waals surface area contributed by atoms with Crippen molar-refractivity contribution in [3.8, 4) is 16.8 Å². The van der Waals surface area contributed by atoms with Crippen molar-refractivity contribution in [2.24, 2.45) is 5.92 Å². The molecule has 10 nitrogen and oxygen atoms in total. The van der Waals surface area contributed by atoms with E-state index in [2.05, 4.69) is 20.6 Å². The van der Waals surface area contributed by atoms with Gasteiger partial charge in [-0.25, -0.2) is 9.18 Å². The molecule has 33 heavy (non-hydrogen) atoms. The molecule has 5 rings (SSSR count). The van der Waals surface area contributed by atoms with Gasteiger partial charge in [0.25, 0.3) is 0 Å². The number of aromatic nitrogens is 7.